The molecule has 0 saturated carbocycles. The van der Waals surface area contributed by atoms with Gasteiger partial charge in [0.1, 0.15) is 11.3 Å². The van der Waals surface area contributed by atoms with E-state index in [0.717, 1.165) is 11.8 Å². The topological polar surface area (TPSA) is 106 Å². The second-order valence-electron chi connectivity index (χ2n) is 7.65. The number of carbonyl (C=O) groups is 2. The Kier molecular flexibility index (Phi) is 5.79. The minimum absolute atomic E-state index is 0.000439. The lowest BCUT2D eigenvalue weighted by molar-refractivity contribution is -0.116. The standard InChI is InChI=1S/C22H20ClN3O5S/c1-32(30,31)13-19(27)25-9-10-26-20-15(3-2-4-18(20)25)11-17(22(26)29)21(28)24-12-14-5-7-16(23)8-6-14/h2-8,11H,9-10,12-13H2,1H3,(H,24,28). The number of pyridine rings is 1. The summed E-state index contributed by atoms with van der Waals surface area (Å²) in [6, 6.07) is 13.6. The monoisotopic (exact) mass is 473 g/mol. The maximum Gasteiger partial charge on any atom is 0.264 e. The Bertz CT molecular complexity index is 1400. The number of rotatable bonds is 5. The van der Waals surface area contributed by atoms with E-state index in [9.17, 15) is 22.8 Å². The van der Waals surface area contributed by atoms with Crippen LogP contribution in [0.4, 0.5) is 5.69 Å². The predicted molar refractivity (Wildman–Crippen MR) is 123 cm³/mol. The van der Waals surface area contributed by atoms with E-state index in [4.69, 9.17) is 11.6 Å². The molecular formula is C22H20ClN3O5S. The summed E-state index contributed by atoms with van der Waals surface area (Å²) in [5.41, 5.74) is 1.33. The fourth-order valence-electron chi connectivity index (χ4n) is 3.78. The van der Waals surface area contributed by atoms with Gasteiger partial charge in [-0.05, 0) is 29.8 Å². The number of aromatic nitrogens is 1. The third-order valence-corrected chi connectivity index (χ3v) is 6.25. The molecule has 1 aliphatic rings. The maximum absolute atomic E-state index is 13.1. The fraction of sp³-hybridized carbons (Fsp3) is 0.227. The van der Waals surface area contributed by atoms with Crippen molar-refractivity contribution in [1.29, 1.82) is 0 Å². The largest absolute Gasteiger partial charge is 0.348 e. The van der Waals surface area contributed by atoms with Gasteiger partial charge in [-0.2, -0.15) is 0 Å². The molecule has 0 bridgehead atoms. The van der Waals surface area contributed by atoms with E-state index in [1.807, 2.05) is 0 Å². The van der Waals surface area contributed by atoms with E-state index in [2.05, 4.69) is 5.32 Å². The van der Waals surface area contributed by atoms with Crippen LogP contribution in [0.2, 0.25) is 5.02 Å². The minimum Gasteiger partial charge on any atom is -0.348 e. The Labute approximate surface area is 189 Å². The zero-order valence-corrected chi connectivity index (χ0v) is 18.7. The number of sulfone groups is 1. The van der Waals surface area contributed by atoms with Gasteiger partial charge in [-0.3, -0.25) is 14.4 Å². The van der Waals surface area contributed by atoms with Crippen LogP contribution in [0.15, 0.2) is 53.3 Å². The lowest BCUT2D eigenvalue weighted by Gasteiger charge is -2.30. The molecule has 0 radical (unpaired) electrons. The summed E-state index contributed by atoms with van der Waals surface area (Å²) in [7, 11) is -3.50. The van der Waals surface area contributed by atoms with E-state index in [0.29, 0.717) is 21.6 Å². The molecule has 0 atom stereocenters. The Hall–Kier alpha value is -3.17. The van der Waals surface area contributed by atoms with Crippen molar-refractivity contribution in [3.63, 3.8) is 0 Å². The highest BCUT2D eigenvalue weighted by molar-refractivity contribution is 7.91. The van der Waals surface area contributed by atoms with Gasteiger partial charge in [0.05, 0.1) is 11.2 Å². The van der Waals surface area contributed by atoms with Crippen LogP contribution in [0.1, 0.15) is 15.9 Å². The van der Waals surface area contributed by atoms with Crippen molar-refractivity contribution in [3.8, 4) is 0 Å². The smallest absolute Gasteiger partial charge is 0.264 e. The molecule has 0 aliphatic carbocycles. The molecule has 1 aromatic heterocycles. The highest BCUT2D eigenvalue weighted by Gasteiger charge is 2.28. The van der Waals surface area contributed by atoms with E-state index >= 15 is 0 Å². The summed E-state index contributed by atoms with van der Waals surface area (Å²) in [6.45, 7) is 0.525. The van der Waals surface area contributed by atoms with E-state index < -0.39 is 33.0 Å². The lowest BCUT2D eigenvalue weighted by Crippen LogP contribution is -2.43. The van der Waals surface area contributed by atoms with Crippen molar-refractivity contribution in [2.24, 2.45) is 0 Å². The molecule has 1 N–H and O–H groups in total. The number of nitrogens with one attached hydrogen (secondary N) is 1. The summed E-state index contributed by atoms with van der Waals surface area (Å²) in [6.07, 6.45) is 1.00. The summed E-state index contributed by atoms with van der Waals surface area (Å²) in [4.78, 5) is 39.8. The first-order chi connectivity index (χ1) is 15.1. The third-order valence-electron chi connectivity index (χ3n) is 5.23. The average molecular weight is 474 g/mol. The Morgan fingerprint density at radius 1 is 1.09 bits per heavy atom. The van der Waals surface area contributed by atoms with Crippen LogP contribution in [0.25, 0.3) is 10.9 Å². The van der Waals surface area contributed by atoms with Gasteiger partial charge >= 0.3 is 0 Å². The molecule has 0 spiro atoms. The van der Waals surface area contributed by atoms with Crippen LogP contribution >= 0.6 is 11.6 Å². The van der Waals surface area contributed by atoms with Crippen LogP contribution < -0.4 is 15.8 Å². The van der Waals surface area contributed by atoms with E-state index in [-0.39, 0.29) is 25.2 Å². The normalized spacial score (nSPS) is 13.2. The van der Waals surface area contributed by atoms with Crippen molar-refractivity contribution in [2.45, 2.75) is 13.1 Å². The van der Waals surface area contributed by atoms with Gasteiger partial charge in [0.15, 0.2) is 9.84 Å². The van der Waals surface area contributed by atoms with Gasteiger partial charge in [-0.25, -0.2) is 8.42 Å². The number of anilines is 1. The number of para-hydroxylation sites is 1. The first kappa shape index (κ1) is 22.0. The quantitative estimate of drug-likeness (QED) is 0.610. The molecule has 8 nitrogen and oxygen atoms in total. The average Bonchev–Trinajstić information content (AvgIpc) is 2.74. The highest BCUT2D eigenvalue weighted by Crippen LogP contribution is 2.30. The summed E-state index contributed by atoms with van der Waals surface area (Å²) in [5.74, 6) is -1.67. The van der Waals surface area contributed by atoms with Gasteiger partial charge in [0.25, 0.3) is 11.5 Å². The number of benzene rings is 2. The summed E-state index contributed by atoms with van der Waals surface area (Å²) in [5, 5.41) is 3.95. The molecule has 0 unspecified atom stereocenters. The fourth-order valence-corrected chi connectivity index (χ4v) is 4.51. The molecule has 0 fully saturated rings. The molecule has 4 rings (SSSR count). The molecule has 2 amide bonds. The van der Waals surface area contributed by atoms with Crippen molar-refractivity contribution in [2.75, 3.05) is 23.5 Å². The van der Waals surface area contributed by atoms with Gasteiger partial charge in [0, 0.05) is 36.3 Å². The van der Waals surface area contributed by atoms with Crippen LogP contribution in [0.5, 0.6) is 0 Å². The molecule has 2 aromatic carbocycles. The van der Waals surface area contributed by atoms with Crippen LogP contribution in [-0.2, 0) is 27.7 Å². The highest BCUT2D eigenvalue weighted by atomic mass is 35.5. The zero-order chi connectivity index (χ0) is 23.0. The van der Waals surface area contributed by atoms with Crippen molar-refractivity contribution in [3.05, 3.63) is 75.0 Å². The lowest BCUT2D eigenvalue weighted by atomic mass is 10.1. The SMILES string of the molecule is CS(=O)(=O)CC(=O)N1CCn2c(=O)c(C(=O)NCc3ccc(Cl)cc3)cc3cccc1c32. The minimum atomic E-state index is -3.50. The number of amides is 2. The molecule has 1 aliphatic heterocycles. The van der Waals surface area contributed by atoms with Crippen LogP contribution in [-0.4, -0.2) is 43.4 Å². The first-order valence-corrected chi connectivity index (χ1v) is 12.3. The van der Waals surface area contributed by atoms with Gasteiger partial charge < -0.3 is 14.8 Å². The van der Waals surface area contributed by atoms with Gasteiger partial charge in [0.2, 0.25) is 5.91 Å². The van der Waals surface area contributed by atoms with E-state index in [1.165, 1.54) is 15.5 Å². The van der Waals surface area contributed by atoms with Crippen LogP contribution in [0.3, 0.4) is 0 Å². The van der Waals surface area contributed by atoms with Crippen LogP contribution in [0, 0.1) is 0 Å². The number of nitrogens with zero attached hydrogens (tertiary/aromatic N) is 2. The van der Waals surface area contributed by atoms with Gasteiger partial charge in [-0.15, -0.1) is 0 Å². The van der Waals surface area contributed by atoms with E-state index in [1.54, 1.807) is 42.5 Å². The molecule has 0 saturated heterocycles. The molecule has 3 aromatic rings. The van der Waals surface area contributed by atoms with Gasteiger partial charge in [-0.1, -0.05) is 35.9 Å². The summed E-state index contributed by atoms with van der Waals surface area (Å²) < 4.78 is 24.6. The number of carbonyl (C=O) groups excluding carboxylic acids is 2. The van der Waals surface area contributed by atoms with Crippen molar-refractivity contribution < 1.29 is 18.0 Å². The Morgan fingerprint density at radius 3 is 2.50 bits per heavy atom. The molecular weight excluding hydrogens is 454 g/mol. The number of hydrogen-bond donors (Lipinski definition) is 1. The molecule has 166 valence electrons. The first-order valence-electron chi connectivity index (χ1n) is 9.81. The predicted octanol–water partition coefficient (Wildman–Crippen LogP) is 1.98. The Morgan fingerprint density at radius 2 is 1.81 bits per heavy atom. The number of halogens is 1. The van der Waals surface area contributed by atoms with Crippen molar-refractivity contribution in [1.82, 2.24) is 9.88 Å². The zero-order valence-electron chi connectivity index (χ0n) is 17.2. The maximum atomic E-state index is 13.1. The second kappa shape index (κ2) is 8.40. The molecule has 2 heterocycles. The molecule has 32 heavy (non-hydrogen) atoms. The van der Waals surface area contributed by atoms with Crippen molar-refractivity contribution >= 4 is 49.8 Å². The molecule has 10 heteroatoms. The second-order valence-corrected chi connectivity index (χ2v) is 10.2. The Balaban J connectivity index is 1.68. The third kappa shape index (κ3) is 4.39. The number of hydrogen-bond acceptors (Lipinski definition) is 5. The summed E-state index contributed by atoms with van der Waals surface area (Å²) >= 11 is 5.87.